The number of anilines is 1. The van der Waals surface area contributed by atoms with Crippen LogP contribution in [0.5, 0.6) is 0 Å². The van der Waals surface area contributed by atoms with Gasteiger partial charge in [-0.1, -0.05) is 25.4 Å². The van der Waals surface area contributed by atoms with Crippen molar-refractivity contribution in [3.63, 3.8) is 0 Å². The van der Waals surface area contributed by atoms with Gasteiger partial charge in [0.05, 0.1) is 41.4 Å². The summed E-state index contributed by atoms with van der Waals surface area (Å²) in [5.74, 6) is -0.262. The Hall–Kier alpha value is -3.32. The van der Waals surface area contributed by atoms with Crippen molar-refractivity contribution in [1.29, 1.82) is 0 Å². The number of carbonyl (C=O) groups excluding carboxylic acids is 2. The molecule has 3 aromatic rings. The number of carbonyl (C=O) groups is 2. The molecule has 0 saturated heterocycles. The average Bonchev–Trinajstić information content (AvgIpc) is 2.77. The Balaban J connectivity index is 1.84. The van der Waals surface area contributed by atoms with Crippen LogP contribution in [-0.4, -0.2) is 33.2 Å². The number of Topliss-reactive ketones (excluding diaryl/α,β-unsaturated/α-hetero) is 1. The Kier molecular flexibility index (Phi) is 7.31. The molecule has 3 rings (SSSR count). The Labute approximate surface area is 186 Å². The lowest BCUT2D eigenvalue weighted by atomic mass is 10.0. The van der Waals surface area contributed by atoms with E-state index < -0.39 is 0 Å². The summed E-state index contributed by atoms with van der Waals surface area (Å²) in [5, 5.41) is 6.50. The molecule has 2 heterocycles. The summed E-state index contributed by atoms with van der Waals surface area (Å²) in [6, 6.07) is 8.84. The van der Waals surface area contributed by atoms with Gasteiger partial charge in [0, 0.05) is 35.1 Å². The predicted octanol–water partition coefficient (Wildman–Crippen LogP) is 4.07. The van der Waals surface area contributed by atoms with E-state index in [2.05, 4.69) is 25.6 Å². The van der Waals surface area contributed by atoms with E-state index in [-0.39, 0.29) is 30.7 Å². The third-order valence-corrected chi connectivity index (χ3v) is 4.82. The first-order valence-corrected chi connectivity index (χ1v) is 10.3. The highest BCUT2D eigenvalue weighted by atomic mass is 35.5. The third kappa shape index (κ3) is 6.33. The monoisotopic (exact) mass is 437 g/mol. The number of pyridine rings is 1. The number of benzene rings is 1. The molecule has 31 heavy (non-hydrogen) atoms. The lowest BCUT2D eigenvalue weighted by Crippen LogP contribution is -2.24. The minimum absolute atomic E-state index is 0.0768. The molecule has 0 radical (unpaired) electrons. The standard InChI is InChI=1S/C23H24ClN5O2/c1-14(2)22(30)13-27-19-7-16(21-5-4-18(24)10-28-21)6-17(8-19)23(31)29-12-20-11-25-15(3)9-26-20/h4-11,14,27H,12-13H2,1-3H3,(H,29,31). The zero-order chi connectivity index (χ0) is 22.4. The Morgan fingerprint density at radius 1 is 1.03 bits per heavy atom. The molecular formula is C23H24ClN5O2. The van der Waals surface area contributed by atoms with Gasteiger partial charge in [-0.15, -0.1) is 0 Å². The molecule has 0 aliphatic carbocycles. The molecule has 0 aliphatic rings. The van der Waals surface area contributed by atoms with Gasteiger partial charge < -0.3 is 10.6 Å². The number of nitrogens with zero attached hydrogens (tertiary/aromatic N) is 3. The molecule has 1 aromatic carbocycles. The minimum Gasteiger partial charge on any atom is -0.378 e. The van der Waals surface area contributed by atoms with Gasteiger partial charge in [-0.3, -0.25) is 24.5 Å². The van der Waals surface area contributed by atoms with Crippen LogP contribution >= 0.6 is 11.6 Å². The van der Waals surface area contributed by atoms with E-state index in [4.69, 9.17) is 11.6 Å². The highest BCUT2D eigenvalue weighted by Crippen LogP contribution is 2.25. The van der Waals surface area contributed by atoms with E-state index in [1.807, 2.05) is 26.8 Å². The number of ketones is 1. The maximum Gasteiger partial charge on any atom is 0.251 e. The SMILES string of the molecule is Cc1cnc(CNC(=O)c2cc(NCC(=O)C(C)C)cc(-c3ccc(Cl)cn3)c2)cn1. The van der Waals surface area contributed by atoms with Crippen molar-refractivity contribution < 1.29 is 9.59 Å². The number of rotatable bonds is 8. The summed E-state index contributed by atoms with van der Waals surface area (Å²) >= 11 is 5.95. The molecule has 160 valence electrons. The van der Waals surface area contributed by atoms with E-state index >= 15 is 0 Å². The fourth-order valence-corrected chi connectivity index (χ4v) is 2.84. The van der Waals surface area contributed by atoms with Crippen LogP contribution in [0.3, 0.4) is 0 Å². The molecule has 8 heteroatoms. The fourth-order valence-electron chi connectivity index (χ4n) is 2.73. The molecule has 0 saturated carbocycles. The molecular weight excluding hydrogens is 414 g/mol. The van der Waals surface area contributed by atoms with Crippen LogP contribution in [0.2, 0.25) is 5.02 Å². The molecule has 2 N–H and O–H groups in total. The van der Waals surface area contributed by atoms with Gasteiger partial charge in [0.2, 0.25) is 0 Å². The van der Waals surface area contributed by atoms with Gasteiger partial charge in [-0.05, 0) is 37.3 Å². The van der Waals surface area contributed by atoms with Gasteiger partial charge >= 0.3 is 0 Å². The largest absolute Gasteiger partial charge is 0.378 e. The zero-order valence-corrected chi connectivity index (χ0v) is 18.4. The van der Waals surface area contributed by atoms with E-state index in [0.717, 1.165) is 11.3 Å². The number of aromatic nitrogens is 3. The summed E-state index contributed by atoms with van der Waals surface area (Å²) < 4.78 is 0. The topological polar surface area (TPSA) is 96.9 Å². The number of halogens is 1. The number of aryl methyl sites for hydroxylation is 1. The van der Waals surface area contributed by atoms with Crippen molar-refractivity contribution in [2.24, 2.45) is 5.92 Å². The van der Waals surface area contributed by atoms with Gasteiger partial charge in [-0.2, -0.15) is 0 Å². The first-order chi connectivity index (χ1) is 14.8. The van der Waals surface area contributed by atoms with Crippen molar-refractivity contribution in [2.45, 2.75) is 27.3 Å². The van der Waals surface area contributed by atoms with Gasteiger partial charge in [0.15, 0.2) is 5.78 Å². The van der Waals surface area contributed by atoms with Crippen molar-refractivity contribution in [1.82, 2.24) is 20.3 Å². The lowest BCUT2D eigenvalue weighted by molar-refractivity contribution is -0.120. The first-order valence-electron chi connectivity index (χ1n) is 9.91. The van der Waals surface area contributed by atoms with E-state index in [1.165, 1.54) is 0 Å². The number of hydrogen-bond donors (Lipinski definition) is 2. The molecule has 0 unspecified atom stereocenters. The van der Waals surface area contributed by atoms with Crippen molar-refractivity contribution in [3.8, 4) is 11.3 Å². The van der Waals surface area contributed by atoms with Gasteiger partial charge in [-0.25, -0.2) is 0 Å². The summed E-state index contributed by atoms with van der Waals surface area (Å²) in [7, 11) is 0. The highest BCUT2D eigenvalue weighted by Gasteiger charge is 2.13. The van der Waals surface area contributed by atoms with Crippen LogP contribution in [0.4, 0.5) is 5.69 Å². The number of nitrogens with one attached hydrogen (secondary N) is 2. The van der Waals surface area contributed by atoms with Crippen LogP contribution < -0.4 is 10.6 Å². The fraction of sp³-hybridized carbons (Fsp3) is 0.261. The summed E-state index contributed by atoms with van der Waals surface area (Å²) in [5.41, 5.74) is 3.97. The van der Waals surface area contributed by atoms with Crippen LogP contribution in [0.15, 0.2) is 48.9 Å². The highest BCUT2D eigenvalue weighted by molar-refractivity contribution is 6.30. The molecule has 0 aliphatic heterocycles. The smallest absolute Gasteiger partial charge is 0.251 e. The van der Waals surface area contributed by atoms with Crippen LogP contribution in [0.1, 0.15) is 35.6 Å². The Bertz CT molecular complexity index is 1070. The van der Waals surface area contributed by atoms with Crippen LogP contribution in [0.25, 0.3) is 11.3 Å². The van der Waals surface area contributed by atoms with Crippen LogP contribution in [-0.2, 0) is 11.3 Å². The number of hydrogen-bond acceptors (Lipinski definition) is 6. The Morgan fingerprint density at radius 2 is 1.84 bits per heavy atom. The second kappa shape index (κ2) is 10.1. The van der Waals surface area contributed by atoms with Gasteiger partial charge in [0.25, 0.3) is 5.91 Å². The average molecular weight is 438 g/mol. The quantitative estimate of drug-likeness (QED) is 0.551. The molecule has 0 atom stereocenters. The summed E-state index contributed by atoms with van der Waals surface area (Å²) in [6.07, 6.45) is 4.84. The van der Waals surface area contributed by atoms with Crippen molar-refractivity contribution in [2.75, 3.05) is 11.9 Å². The van der Waals surface area contributed by atoms with E-state index in [1.54, 1.807) is 42.9 Å². The summed E-state index contributed by atoms with van der Waals surface area (Å²) in [4.78, 5) is 37.6. The maximum atomic E-state index is 12.8. The van der Waals surface area contributed by atoms with E-state index in [0.29, 0.717) is 27.7 Å². The maximum absolute atomic E-state index is 12.8. The predicted molar refractivity (Wildman–Crippen MR) is 121 cm³/mol. The molecule has 0 bridgehead atoms. The normalized spacial score (nSPS) is 10.7. The van der Waals surface area contributed by atoms with Crippen molar-refractivity contribution in [3.05, 3.63) is 70.9 Å². The molecule has 0 fully saturated rings. The molecule has 2 aromatic heterocycles. The molecule has 7 nitrogen and oxygen atoms in total. The Morgan fingerprint density at radius 3 is 2.48 bits per heavy atom. The number of amides is 1. The minimum atomic E-state index is -0.267. The molecule has 0 spiro atoms. The van der Waals surface area contributed by atoms with Crippen LogP contribution in [0, 0.1) is 12.8 Å². The molecule has 1 amide bonds. The zero-order valence-electron chi connectivity index (χ0n) is 17.6. The third-order valence-electron chi connectivity index (χ3n) is 4.59. The van der Waals surface area contributed by atoms with E-state index in [9.17, 15) is 9.59 Å². The second-order valence-corrected chi connectivity index (χ2v) is 7.90. The summed E-state index contributed by atoms with van der Waals surface area (Å²) in [6.45, 7) is 5.99. The van der Waals surface area contributed by atoms with Crippen molar-refractivity contribution >= 4 is 29.0 Å². The lowest BCUT2D eigenvalue weighted by Gasteiger charge is -2.13. The van der Waals surface area contributed by atoms with Gasteiger partial charge in [0.1, 0.15) is 0 Å². The second-order valence-electron chi connectivity index (χ2n) is 7.47. The first kappa shape index (κ1) is 22.4.